The number of benzene rings is 1. The van der Waals surface area contributed by atoms with Gasteiger partial charge in [-0.2, -0.15) is 0 Å². The lowest BCUT2D eigenvalue weighted by molar-refractivity contribution is 0.564. The largest absolute Gasteiger partial charge is 0.383 e. The second-order valence-corrected chi connectivity index (χ2v) is 6.61. The SMILES string of the molecule is C=C[C@H](C)CCn1cc(-c2cnc3ccccc3c2)c2c(N)ncnc21. The predicted octanol–water partition coefficient (Wildman–Crippen LogP) is 4.44. The molecule has 0 aliphatic rings. The number of rotatable bonds is 5. The van der Waals surface area contributed by atoms with E-state index in [9.17, 15) is 0 Å². The predicted molar refractivity (Wildman–Crippen MR) is 107 cm³/mol. The fraction of sp³-hybridized carbons (Fsp3) is 0.190. The molecule has 4 rings (SSSR count). The van der Waals surface area contributed by atoms with Crippen molar-refractivity contribution in [3.63, 3.8) is 0 Å². The number of nitrogen functional groups attached to an aromatic ring is 1. The number of para-hydroxylation sites is 1. The van der Waals surface area contributed by atoms with Gasteiger partial charge in [-0.1, -0.05) is 31.2 Å². The molecule has 130 valence electrons. The molecule has 5 heteroatoms. The summed E-state index contributed by atoms with van der Waals surface area (Å²) in [5.74, 6) is 0.936. The van der Waals surface area contributed by atoms with Gasteiger partial charge in [-0.05, 0) is 24.5 Å². The summed E-state index contributed by atoms with van der Waals surface area (Å²) >= 11 is 0. The number of fused-ring (bicyclic) bond motifs is 2. The first kappa shape index (κ1) is 16.3. The summed E-state index contributed by atoms with van der Waals surface area (Å²) in [7, 11) is 0. The van der Waals surface area contributed by atoms with E-state index in [-0.39, 0.29) is 0 Å². The summed E-state index contributed by atoms with van der Waals surface area (Å²) < 4.78 is 2.15. The zero-order chi connectivity index (χ0) is 18.1. The van der Waals surface area contributed by atoms with Crippen LogP contribution >= 0.6 is 0 Å². The minimum Gasteiger partial charge on any atom is -0.383 e. The van der Waals surface area contributed by atoms with E-state index in [1.54, 1.807) is 0 Å². The fourth-order valence-corrected chi connectivity index (χ4v) is 3.22. The summed E-state index contributed by atoms with van der Waals surface area (Å²) in [6.45, 7) is 6.88. The van der Waals surface area contributed by atoms with E-state index in [2.05, 4.69) is 51.4 Å². The highest BCUT2D eigenvalue weighted by atomic mass is 15.1. The number of anilines is 1. The fourth-order valence-electron chi connectivity index (χ4n) is 3.22. The van der Waals surface area contributed by atoms with Crippen molar-refractivity contribution in [2.45, 2.75) is 19.9 Å². The van der Waals surface area contributed by atoms with Crippen molar-refractivity contribution in [3.8, 4) is 11.1 Å². The first-order valence-electron chi connectivity index (χ1n) is 8.74. The van der Waals surface area contributed by atoms with E-state index < -0.39 is 0 Å². The van der Waals surface area contributed by atoms with Gasteiger partial charge in [0, 0.05) is 35.5 Å². The normalized spacial score (nSPS) is 12.5. The topological polar surface area (TPSA) is 69.6 Å². The van der Waals surface area contributed by atoms with Crippen LogP contribution in [0.5, 0.6) is 0 Å². The second kappa shape index (κ2) is 6.59. The van der Waals surface area contributed by atoms with Crippen LogP contribution in [-0.4, -0.2) is 19.5 Å². The first-order valence-corrected chi connectivity index (χ1v) is 8.74. The smallest absolute Gasteiger partial charge is 0.146 e. The molecule has 0 fully saturated rings. The molecular weight excluding hydrogens is 322 g/mol. The van der Waals surface area contributed by atoms with E-state index in [0.29, 0.717) is 11.7 Å². The van der Waals surface area contributed by atoms with Crippen LogP contribution in [0.4, 0.5) is 5.82 Å². The number of hydrogen-bond acceptors (Lipinski definition) is 4. The Balaban J connectivity index is 1.86. The molecule has 5 nitrogen and oxygen atoms in total. The van der Waals surface area contributed by atoms with Gasteiger partial charge in [-0.3, -0.25) is 4.98 Å². The molecule has 0 aliphatic carbocycles. The van der Waals surface area contributed by atoms with Gasteiger partial charge in [-0.15, -0.1) is 6.58 Å². The molecule has 3 aromatic heterocycles. The number of pyridine rings is 1. The van der Waals surface area contributed by atoms with E-state index in [0.717, 1.165) is 46.0 Å². The molecule has 0 amide bonds. The molecule has 0 radical (unpaired) electrons. The summed E-state index contributed by atoms with van der Waals surface area (Å²) in [4.78, 5) is 13.3. The maximum atomic E-state index is 6.20. The summed E-state index contributed by atoms with van der Waals surface area (Å²) in [5.41, 5.74) is 10.1. The quantitative estimate of drug-likeness (QED) is 0.544. The van der Waals surface area contributed by atoms with Crippen molar-refractivity contribution in [1.82, 2.24) is 19.5 Å². The number of nitrogens with two attached hydrogens (primary N) is 1. The van der Waals surface area contributed by atoms with Crippen LogP contribution in [0.2, 0.25) is 0 Å². The molecule has 26 heavy (non-hydrogen) atoms. The highest BCUT2D eigenvalue weighted by Crippen LogP contribution is 2.33. The minimum absolute atomic E-state index is 0.442. The zero-order valence-electron chi connectivity index (χ0n) is 14.8. The summed E-state index contributed by atoms with van der Waals surface area (Å²) in [6, 6.07) is 10.2. The average Bonchev–Trinajstić information content (AvgIpc) is 3.06. The van der Waals surface area contributed by atoms with Crippen LogP contribution in [0.15, 0.2) is 61.7 Å². The molecule has 0 saturated carbocycles. The molecule has 0 bridgehead atoms. The van der Waals surface area contributed by atoms with Crippen molar-refractivity contribution in [3.05, 3.63) is 61.7 Å². The van der Waals surface area contributed by atoms with Crippen molar-refractivity contribution >= 4 is 27.8 Å². The van der Waals surface area contributed by atoms with Gasteiger partial charge >= 0.3 is 0 Å². The standard InChI is InChI=1S/C21H21N5/c1-3-14(2)8-9-26-12-17(19-20(22)24-13-25-21(19)26)16-10-15-6-4-5-7-18(15)23-11-16/h3-7,10-14H,1,8-9H2,2H3,(H2,22,24,25)/t14-/m0/s1. The Morgan fingerprint density at radius 1 is 1.23 bits per heavy atom. The third-order valence-electron chi connectivity index (χ3n) is 4.81. The monoisotopic (exact) mass is 343 g/mol. The molecule has 0 spiro atoms. The average molecular weight is 343 g/mol. The zero-order valence-corrected chi connectivity index (χ0v) is 14.8. The van der Waals surface area contributed by atoms with E-state index >= 15 is 0 Å². The number of nitrogens with zero attached hydrogens (tertiary/aromatic N) is 4. The van der Waals surface area contributed by atoms with Gasteiger partial charge in [0.05, 0.1) is 10.9 Å². The van der Waals surface area contributed by atoms with Gasteiger partial charge in [-0.25, -0.2) is 9.97 Å². The molecule has 0 aliphatic heterocycles. The van der Waals surface area contributed by atoms with Gasteiger partial charge < -0.3 is 10.3 Å². The third-order valence-corrected chi connectivity index (χ3v) is 4.81. The Labute approximate surface area is 152 Å². The van der Waals surface area contributed by atoms with Crippen molar-refractivity contribution in [2.75, 3.05) is 5.73 Å². The number of aromatic nitrogens is 4. The van der Waals surface area contributed by atoms with E-state index in [4.69, 9.17) is 5.73 Å². The lowest BCUT2D eigenvalue weighted by Crippen LogP contribution is -2.02. The van der Waals surface area contributed by atoms with Gasteiger partial charge in [0.25, 0.3) is 0 Å². The Morgan fingerprint density at radius 3 is 2.92 bits per heavy atom. The molecule has 0 unspecified atom stereocenters. The molecule has 3 heterocycles. The Kier molecular flexibility index (Phi) is 4.13. The Hall–Kier alpha value is -3.21. The van der Waals surface area contributed by atoms with E-state index in [1.165, 1.54) is 6.33 Å². The maximum Gasteiger partial charge on any atom is 0.146 e. The molecular formula is C21H21N5. The maximum absolute atomic E-state index is 6.20. The van der Waals surface area contributed by atoms with Crippen LogP contribution in [-0.2, 0) is 6.54 Å². The van der Waals surface area contributed by atoms with Crippen molar-refractivity contribution in [2.24, 2.45) is 5.92 Å². The first-order chi connectivity index (χ1) is 12.7. The molecule has 1 aromatic carbocycles. The van der Waals surface area contributed by atoms with Crippen LogP contribution in [0.3, 0.4) is 0 Å². The van der Waals surface area contributed by atoms with E-state index in [1.807, 2.05) is 30.5 Å². The van der Waals surface area contributed by atoms with Crippen molar-refractivity contribution < 1.29 is 0 Å². The summed E-state index contributed by atoms with van der Waals surface area (Å²) in [6.07, 6.45) is 8.49. The molecule has 1 atom stereocenters. The molecule has 4 aromatic rings. The highest BCUT2D eigenvalue weighted by molar-refractivity contribution is 6.01. The van der Waals surface area contributed by atoms with Crippen molar-refractivity contribution in [1.29, 1.82) is 0 Å². The lowest BCUT2D eigenvalue weighted by atomic mass is 10.1. The van der Waals surface area contributed by atoms with Gasteiger partial charge in [0.1, 0.15) is 17.8 Å². The number of hydrogen-bond donors (Lipinski definition) is 1. The van der Waals surface area contributed by atoms with Gasteiger partial charge in [0.15, 0.2) is 0 Å². The highest BCUT2D eigenvalue weighted by Gasteiger charge is 2.16. The Bertz CT molecular complexity index is 1100. The van der Waals surface area contributed by atoms with Crippen LogP contribution in [0.1, 0.15) is 13.3 Å². The molecule has 2 N–H and O–H groups in total. The second-order valence-electron chi connectivity index (χ2n) is 6.61. The molecule has 0 saturated heterocycles. The third kappa shape index (κ3) is 2.81. The lowest BCUT2D eigenvalue weighted by Gasteiger charge is -2.07. The van der Waals surface area contributed by atoms with Crippen LogP contribution in [0.25, 0.3) is 33.1 Å². The van der Waals surface area contributed by atoms with Gasteiger partial charge in [0.2, 0.25) is 0 Å². The van der Waals surface area contributed by atoms with Crippen LogP contribution in [0, 0.1) is 5.92 Å². The van der Waals surface area contributed by atoms with Crippen LogP contribution < -0.4 is 5.73 Å². The number of aryl methyl sites for hydroxylation is 1. The summed E-state index contributed by atoms with van der Waals surface area (Å²) in [5, 5.41) is 1.98. The Morgan fingerprint density at radius 2 is 2.08 bits per heavy atom. The number of allylic oxidation sites excluding steroid dienone is 1. The minimum atomic E-state index is 0.442.